The maximum atomic E-state index is 11.1. The van der Waals surface area contributed by atoms with Crippen molar-refractivity contribution in [3.05, 3.63) is 33.4 Å². The Balaban J connectivity index is 2.65. The predicted octanol–water partition coefficient (Wildman–Crippen LogP) is 1.69. The highest BCUT2D eigenvalue weighted by molar-refractivity contribution is 7.13. The number of rotatable bonds is 2. The zero-order valence-electron chi connectivity index (χ0n) is 6.53. The molecule has 0 saturated carbocycles. The van der Waals surface area contributed by atoms with Crippen LogP contribution in [0.2, 0.25) is 0 Å². The SMILES string of the molecule is N=Cc1c(-c2cccs2)o[nH]c1=O. The molecule has 2 aromatic rings. The van der Waals surface area contributed by atoms with Gasteiger partial charge in [0.15, 0.2) is 5.76 Å². The Labute approximate surface area is 77.3 Å². The molecule has 0 fully saturated rings. The number of H-pyrrole nitrogens is 1. The van der Waals surface area contributed by atoms with Gasteiger partial charge in [-0.05, 0) is 11.4 Å². The molecule has 0 aromatic carbocycles. The van der Waals surface area contributed by atoms with Gasteiger partial charge in [0.1, 0.15) is 5.56 Å². The number of hydrogen-bond donors (Lipinski definition) is 2. The zero-order valence-corrected chi connectivity index (χ0v) is 7.35. The van der Waals surface area contributed by atoms with Gasteiger partial charge in [-0.2, -0.15) is 5.16 Å². The third-order valence-corrected chi connectivity index (χ3v) is 2.49. The van der Waals surface area contributed by atoms with Crippen molar-refractivity contribution in [1.29, 1.82) is 5.41 Å². The fourth-order valence-electron chi connectivity index (χ4n) is 1.03. The molecule has 0 amide bonds. The second kappa shape index (κ2) is 3.02. The fourth-order valence-corrected chi connectivity index (χ4v) is 1.75. The van der Waals surface area contributed by atoms with E-state index in [-0.39, 0.29) is 11.1 Å². The first-order valence-corrected chi connectivity index (χ1v) is 4.46. The quantitative estimate of drug-likeness (QED) is 0.714. The van der Waals surface area contributed by atoms with Gasteiger partial charge in [-0.25, -0.2) is 0 Å². The molecule has 2 heterocycles. The number of aromatic amines is 1. The molecule has 0 unspecified atom stereocenters. The van der Waals surface area contributed by atoms with E-state index in [1.54, 1.807) is 0 Å². The largest absolute Gasteiger partial charge is 0.377 e. The van der Waals surface area contributed by atoms with Gasteiger partial charge < -0.3 is 9.93 Å². The molecule has 0 bridgehead atoms. The topological polar surface area (TPSA) is 69.8 Å². The first-order chi connectivity index (χ1) is 6.33. The molecular weight excluding hydrogens is 188 g/mol. The van der Waals surface area contributed by atoms with Crippen LogP contribution in [0, 0.1) is 5.41 Å². The summed E-state index contributed by atoms with van der Waals surface area (Å²) in [6.45, 7) is 0. The number of aromatic nitrogens is 1. The summed E-state index contributed by atoms with van der Waals surface area (Å²) in [5.74, 6) is 0.440. The molecule has 2 N–H and O–H groups in total. The Kier molecular flexibility index (Phi) is 1.86. The van der Waals surface area contributed by atoms with Crippen molar-refractivity contribution in [1.82, 2.24) is 5.16 Å². The lowest BCUT2D eigenvalue weighted by Gasteiger charge is -1.88. The molecule has 66 valence electrons. The van der Waals surface area contributed by atoms with Crippen LogP contribution in [0.5, 0.6) is 0 Å². The molecule has 0 aliphatic carbocycles. The number of thiophene rings is 1. The Bertz CT molecular complexity index is 467. The van der Waals surface area contributed by atoms with Crippen LogP contribution in [0.3, 0.4) is 0 Å². The molecule has 2 aromatic heterocycles. The lowest BCUT2D eigenvalue weighted by atomic mass is 10.2. The first kappa shape index (κ1) is 8.00. The normalized spacial score (nSPS) is 10.2. The van der Waals surface area contributed by atoms with E-state index in [1.165, 1.54) is 11.3 Å². The molecule has 5 heteroatoms. The van der Waals surface area contributed by atoms with Crippen molar-refractivity contribution in [3.8, 4) is 10.6 Å². The zero-order chi connectivity index (χ0) is 9.26. The second-order valence-corrected chi connectivity index (χ2v) is 3.35. The summed E-state index contributed by atoms with van der Waals surface area (Å²) in [5, 5.41) is 11.1. The Morgan fingerprint density at radius 1 is 1.62 bits per heavy atom. The lowest BCUT2D eigenvalue weighted by Crippen LogP contribution is -2.03. The molecule has 0 radical (unpaired) electrons. The van der Waals surface area contributed by atoms with E-state index >= 15 is 0 Å². The van der Waals surface area contributed by atoms with Crippen molar-refractivity contribution in [2.75, 3.05) is 0 Å². The van der Waals surface area contributed by atoms with Crippen LogP contribution < -0.4 is 5.56 Å². The third-order valence-electron chi connectivity index (χ3n) is 1.62. The van der Waals surface area contributed by atoms with Crippen molar-refractivity contribution in [2.45, 2.75) is 0 Å². The molecular formula is C8H6N2O2S. The molecule has 4 nitrogen and oxygen atoms in total. The highest BCUT2D eigenvalue weighted by Crippen LogP contribution is 2.24. The Hall–Kier alpha value is -1.62. The molecule has 0 aliphatic rings. The standard InChI is InChI=1S/C8H6N2O2S/c9-4-5-7(12-10-8(5)11)6-2-1-3-13-6/h1-4,9H,(H,10,11). The number of hydrogen-bond acceptors (Lipinski definition) is 4. The molecule has 2 rings (SSSR count). The van der Waals surface area contributed by atoms with Crippen molar-refractivity contribution in [3.63, 3.8) is 0 Å². The maximum absolute atomic E-state index is 11.1. The van der Waals surface area contributed by atoms with Crippen LogP contribution in [0.25, 0.3) is 10.6 Å². The van der Waals surface area contributed by atoms with Crippen LogP contribution in [0.15, 0.2) is 26.8 Å². The van der Waals surface area contributed by atoms with Gasteiger partial charge in [0.2, 0.25) is 0 Å². The predicted molar refractivity (Wildman–Crippen MR) is 50.5 cm³/mol. The molecule has 0 spiro atoms. The maximum Gasteiger partial charge on any atom is 0.289 e. The van der Waals surface area contributed by atoms with E-state index in [2.05, 4.69) is 5.16 Å². The van der Waals surface area contributed by atoms with Gasteiger partial charge in [0.05, 0.1) is 4.88 Å². The minimum atomic E-state index is -0.363. The van der Waals surface area contributed by atoms with E-state index in [4.69, 9.17) is 9.93 Å². The second-order valence-electron chi connectivity index (χ2n) is 2.40. The van der Waals surface area contributed by atoms with Crippen LogP contribution in [0.1, 0.15) is 5.56 Å². The summed E-state index contributed by atoms with van der Waals surface area (Å²) in [7, 11) is 0. The number of nitrogens with one attached hydrogen (secondary N) is 2. The van der Waals surface area contributed by atoms with Gasteiger partial charge in [-0.15, -0.1) is 11.3 Å². The van der Waals surface area contributed by atoms with Crippen molar-refractivity contribution in [2.24, 2.45) is 0 Å². The highest BCUT2D eigenvalue weighted by Gasteiger charge is 2.12. The summed E-state index contributed by atoms with van der Waals surface area (Å²) >= 11 is 1.46. The Morgan fingerprint density at radius 2 is 2.46 bits per heavy atom. The van der Waals surface area contributed by atoms with Crippen molar-refractivity contribution < 1.29 is 4.52 Å². The van der Waals surface area contributed by atoms with Crippen molar-refractivity contribution >= 4 is 17.6 Å². The van der Waals surface area contributed by atoms with E-state index in [0.717, 1.165) is 11.1 Å². The molecule has 0 saturated heterocycles. The van der Waals surface area contributed by atoms with Gasteiger partial charge in [0.25, 0.3) is 5.56 Å². The monoisotopic (exact) mass is 194 g/mol. The Morgan fingerprint density at radius 3 is 3.08 bits per heavy atom. The third kappa shape index (κ3) is 1.23. The van der Waals surface area contributed by atoms with Crippen LogP contribution in [-0.4, -0.2) is 11.4 Å². The average molecular weight is 194 g/mol. The summed E-state index contributed by atoms with van der Waals surface area (Å²) in [5.41, 5.74) is -0.0964. The highest BCUT2D eigenvalue weighted by atomic mass is 32.1. The van der Waals surface area contributed by atoms with Crippen LogP contribution >= 0.6 is 11.3 Å². The van der Waals surface area contributed by atoms with Gasteiger partial charge in [-0.3, -0.25) is 4.79 Å². The van der Waals surface area contributed by atoms with Gasteiger partial charge >= 0.3 is 0 Å². The van der Waals surface area contributed by atoms with Gasteiger partial charge in [-0.1, -0.05) is 6.07 Å². The summed E-state index contributed by atoms with van der Waals surface area (Å²) in [6, 6.07) is 3.70. The van der Waals surface area contributed by atoms with Crippen LogP contribution in [-0.2, 0) is 0 Å². The summed E-state index contributed by atoms with van der Waals surface area (Å²) in [4.78, 5) is 11.9. The smallest absolute Gasteiger partial charge is 0.289 e. The first-order valence-electron chi connectivity index (χ1n) is 3.58. The summed E-state index contributed by atoms with van der Waals surface area (Å²) < 4.78 is 4.95. The van der Waals surface area contributed by atoms with E-state index < -0.39 is 0 Å². The lowest BCUT2D eigenvalue weighted by molar-refractivity contribution is 0.426. The minimum absolute atomic E-state index is 0.266. The molecule has 13 heavy (non-hydrogen) atoms. The average Bonchev–Trinajstić information content (AvgIpc) is 2.71. The van der Waals surface area contributed by atoms with E-state index in [0.29, 0.717) is 5.76 Å². The minimum Gasteiger partial charge on any atom is -0.377 e. The van der Waals surface area contributed by atoms with Crippen LogP contribution in [0.4, 0.5) is 0 Å². The van der Waals surface area contributed by atoms with E-state index in [1.807, 2.05) is 17.5 Å². The van der Waals surface area contributed by atoms with E-state index in [9.17, 15) is 4.79 Å². The summed E-state index contributed by atoms with van der Waals surface area (Å²) in [6.07, 6.45) is 0.997. The molecule has 0 atom stereocenters. The van der Waals surface area contributed by atoms with Gasteiger partial charge in [0, 0.05) is 6.21 Å². The molecule has 0 aliphatic heterocycles. The fraction of sp³-hybridized carbons (Fsp3) is 0.